The van der Waals surface area contributed by atoms with E-state index in [4.69, 9.17) is 21.9 Å². The van der Waals surface area contributed by atoms with Crippen LogP contribution < -0.4 is 5.73 Å². The van der Waals surface area contributed by atoms with E-state index in [1.807, 2.05) is 25.1 Å². The summed E-state index contributed by atoms with van der Waals surface area (Å²) in [5.74, 6) is 1.10. The summed E-state index contributed by atoms with van der Waals surface area (Å²) in [5, 5.41) is 4.52. The Balaban J connectivity index is 2.31. The minimum absolute atomic E-state index is 0.477. The maximum Gasteiger partial charge on any atom is 0.257 e. The zero-order valence-electron chi connectivity index (χ0n) is 8.90. The first-order valence-electron chi connectivity index (χ1n) is 5.00. The van der Waals surface area contributed by atoms with Gasteiger partial charge in [0, 0.05) is 17.0 Å². The van der Waals surface area contributed by atoms with Gasteiger partial charge >= 0.3 is 0 Å². The summed E-state index contributed by atoms with van der Waals surface area (Å²) in [4.78, 5) is 4.22. The van der Waals surface area contributed by atoms with E-state index in [2.05, 4.69) is 10.1 Å². The number of halogens is 1. The lowest BCUT2D eigenvalue weighted by Gasteiger charge is -1.98. The van der Waals surface area contributed by atoms with Crippen molar-refractivity contribution in [2.45, 2.75) is 13.3 Å². The van der Waals surface area contributed by atoms with Gasteiger partial charge in [-0.15, -0.1) is 0 Å². The van der Waals surface area contributed by atoms with Gasteiger partial charge in [0.2, 0.25) is 0 Å². The third kappa shape index (κ3) is 2.23. The molecule has 2 rings (SSSR count). The van der Waals surface area contributed by atoms with E-state index < -0.39 is 0 Å². The molecule has 0 atom stereocenters. The summed E-state index contributed by atoms with van der Waals surface area (Å²) in [6.45, 7) is 2.45. The molecule has 1 aromatic heterocycles. The Morgan fingerprint density at radius 3 is 2.94 bits per heavy atom. The van der Waals surface area contributed by atoms with Gasteiger partial charge in [0.25, 0.3) is 5.89 Å². The van der Waals surface area contributed by atoms with Crippen molar-refractivity contribution in [3.05, 3.63) is 34.6 Å². The van der Waals surface area contributed by atoms with Gasteiger partial charge in [0.1, 0.15) is 0 Å². The summed E-state index contributed by atoms with van der Waals surface area (Å²) in [5.41, 5.74) is 7.26. The third-order valence-electron chi connectivity index (χ3n) is 2.25. The van der Waals surface area contributed by atoms with E-state index in [1.165, 1.54) is 0 Å². The molecule has 0 saturated heterocycles. The number of benzene rings is 1. The number of hydrogen-bond acceptors (Lipinski definition) is 4. The SMILES string of the molecule is Cc1ccc(-c2nc(CCN)no2)cc1Cl. The minimum Gasteiger partial charge on any atom is -0.334 e. The van der Waals surface area contributed by atoms with Crippen molar-refractivity contribution in [1.29, 1.82) is 0 Å². The average Bonchev–Trinajstić information content (AvgIpc) is 2.71. The lowest BCUT2D eigenvalue weighted by atomic mass is 10.1. The van der Waals surface area contributed by atoms with Crippen molar-refractivity contribution in [2.24, 2.45) is 5.73 Å². The molecular weight excluding hydrogens is 226 g/mol. The first kappa shape index (κ1) is 11.1. The highest BCUT2D eigenvalue weighted by molar-refractivity contribution is 6.31. The molecule has 0 unspecified atom stereocenters. The Hall–Kier alpha value is -1.39. The van der Waals surface area contributed by atoms with Crippen LogP contribution in [-0.2, 0) is 6.42 Å². The summed E-state index contributed by atoms with van der Waals surface area (Å²) >= 11 is 6.02. The molecule has 1 aromatic carbocycles. The molecule has 2 N–H and O–H groups in total. The molecule has 0 bridgehead atoms. The van der Waals surface area contributed by atoms with Crippen LogP contribution in [0.25, 0.3) is 11.5 Å². The van der Waals surface area contributed by atoms with Crippen molar-refractivity contribution in [3.8, 4) is 11.5 Å². The zero-order chi connectivity index (χ0) is 11.5. The smallest absolute Gasteiger partial charge is 0.257 e. The van der Waals surface area contributed by atoms with E-state index >= 15 is 0 Å². The Morgan fingerprint density at radius 2 is 2.25 bits per heavy atom. The molecule has 0 aliphatic heterocycles. The van der Waals surface area contributed by atoms with Gasteiger partial charge in [-0.05, 0) is 31.2 Å². The van der Waals surface area contributed by atoms with Gasteiger partial charge in [-0.1, -0.05) is 22.8 Å². The molecule has 0 amide bonds. The maximum absolute atomic E-state index is 6.02. The van der Waals surface area contributed by atoms with Crippen molar-refractivity contribution >= 4 is 11.6 Å². The van der Waals surface area contributed by atoms with Crippen LogP contribution in [0, 0.1) is 6.92 Å². The highest BCUT2D eigenvalue weighted by Gasteiger charge is 2.09. The lowest BCUT2D eigenvalue weighted by Crippen LogP contribution is -2.03. The predicted octanol–water partition coefficient (Wildman–Crippen LogP) is 2.20. The van der Waals surface area contributed by atoms with Gasteiger partial charge in [0.05, 0.1) is 0 Å². The largest absolute Gasteiger partial charge is 0.334 e. The molecule has 2 aromatic rings. The Kier molecular flexibility index (Phi) is 3.22. The molecule has 84 valence electrons. The zero-order valence-corrected chi connectivity index (χ0v) is 9.66. The third-order valence-corrected chi connectivity index (χ3v) is 2.66. The number of rotatable bonds is 3. The van der Waals surface area contributed by atoms with Gasteiger partial charge in [0.15, 0.2) is 5.82 Å². The summed E-state index contributed by atoms with van der Waals surface area (Å²) in [7, 11) is 0. The van der Waals surface area contributed by atoms with E-state index in [9.17, 15) is 0 Å². The van der Waals surface area contributed by atoms with Crippen LogP contribution in [0.5, 0.6) is 0 Å². The summed E-state index contributed by atoms with van der Waals surface area (Å²) in [6.07, 6.45) is 0.614. The molecule has 0 fully saturated rings. The number of aromatic nitrogens is 2. The van der Waals surface area contributed by atoms with E-state index in [-0.39, 0.29) is 0 Å². The Labute approximate surface area is 98.4 Å². The first-order chi connectivity index (χ1) is 7.70. The number of aryl methyl sites for hydroxylation is 1. The minimum atomic E-state index is 0.477. The molecule has 0 aliphatic rings. The standard InChI is InChI=1S/C11H12ClN3O/c1-7-2-3-8(6-9(7)12)11-14-10(4-5-13)15-16-11/h2-3,6H,4-5,13H2,1H3. The lowest BCUT2D eigenvalue weighted by molar-refractivity contribution is 0.422. The average molecular weight is 238 g/mol. The molecule has 0 aliphatic carbocycles. The van der Waals surface area contributed by atoms with Gasteiger partial charge in [-0.25, -0.2) is 0 Å². The highest BCUT2D eigenvalue weighted by Crippen LogP contribution is 2.23. The fourth-order valence-electron chi connectivity index (χ4n) is 1.33. The maximum atomic E-state index is 6.02. The van der Waals surface area contributed by atoms with Crippen molar-refractivity contribution < 1.29 is 4.52 Å². The van der Waals surface area contributed by atoms with Crippen molar-refractivity contribution in [1.82, 2.24) is 10.1 Å². The van der Waals surface area contributed by atoms with Gasteiger partial charge in [-0.3, -0.25) is 0 Å². The van der Waals surface area contributed by atoms with Crippen molar-refractivity contribution in [3.63, 3.8) is 0 Å². The highest BCUT2D eigenvalue weighted by atomic mass is 35.5. The molecule has 0 spiro atoms. The fourth-order valence-corrected chi connectivity index (χ4v) is 1.51. The number of hydrogen-bond donors (Lipinski definition) is 1. The van der Waals surface area contributed by atoms with Crippen LogP contribution in [0.1, 0.15) is 11.4 Å². The summed E-state index contributed by atoms with van der Waals surface area (Å²) < 4.78 is 5.12. The molecule has 0 saturated carbocycles. The molecule has 4 nitrogen and oxygen atoms in total. The fraction of sp³-hybridized carbons (Fsp3) is 0.273. The van der Waals surface area contributed by atoms with Crippen LogP contribution in [0.2, 0.25) is 5.02 Å². The van der Waals surface area contributed by atoms with E-state index in [0.29, 0.717) is 29.7 Å². The molecule has 1 heterocycles. The van der Waals surface area contributed by atoms with Crippen LogP contribution in [0.4, 0.5) is 0 Å². The van der Waals surface area contributed by atoms with E-state index in [1.54, 1.807) is 0 Å². The molecular formula is C11H12ClN3O. The second-order valence-electron chi connectivity index (χ2n) is 3.52. The van der Waals surface area contributed by atoms with Crippen LogP contribution >= 0.6 is 11.6 Å². The summed E-state index contributed by atoms with van der Waals surface area (Å²) in [6, 6.07) is 5.64. The monoisotopic (exact) mass is 237 g/mol. The number of nitrogens with two attached hydrogens (primary N) is 1. The van der Waals surface area contributed by atoms with Crippen LogP contribution in [0.3, 0.4) is 0 Å². The Bertz CT molecular complexity index is 496. The normalized spacial score (nSPS) is 10.7. The quantitative estimate of drug-likeness (QED) is 0.889. The van der Waals surface area contributed by atoms with Gasteiger partial charge in [-0.2, -0.15) is 4.98 Å². The predicted molar refractivity (Wildman–Crippen MR) is 62.2 cm³/mol. The van der Waals surface area contributed by atoms with Crippen LogP contribution in [0.15, 0.2) is 22.7 Å². The second kappa shape index (κ2) is 4.63. The Morgan fingerprint density at radius 1 is 1.44 bits per heavy atom. The first-order valence-corrected chi connectivity index (χ1v) is 5.37. The van der Waals surface area contributed by atoms with E-state index in [0.717, 1.165) is 11.1 Å². The second-order valence-corrected chi connectivity index (χ2v) is 3.93. The molecule has 5 heteroatoms. The topological polar surface area (TPSA) is 64.9 Å². The molecule has 0 radical (unpaired) electrons. The van der Waals surface area contributed by atoms with Gasteiger partial charge < -0.3 is 10.3 Å². The van der Waals surface area contributed by atoms with Crippen molar-refractivity contribution in [2.75, 3.05) is 6.54 Å². The molecule has 16 heavy (non-hydrogen) atoms. The number of nitrogens with zero attached hydrogens (tertiary/aromatic N) is 2. The van der Waals surface area contributed by atoms with Crippen LogP contribution in [-0.4, -0.2) is 16.7 Å².